The molecule has 1 saturated heterocycles. The highest BCUT2D eigenvalue weighted by Crippen LogP contribution is 2.22. The second-order valence-corrected chi connectivity index (χ2v) is 8.76. The Balaban J connectivity index is 1.52. The molecule has 1 aliphatic heterocycles. The summed E-state index contributed by atoms with van der Waals surface area (Å²) in [6, 6.07) is 13.3. The monoisotopic (exact) mass is 455 g/mol. The van der Waals surface area contributed by atoms with Gasteiger partial charge in [-0.05, 0) is 68.7 Å². The highest BCUT2D eigenvalue weighted by Gasteiger charge is 2.39. The molecule has 2 aromatic carbocycles. The van der Waals surface area contributed by atoms with Crippen LogP contribution in [0, 0.1) is 0 Å². The number of hydrogen-bond donors (Lipinski definition) is 3. The van der Waals surface area contributed by atoms with Crippen LogP contribution in [-0.2, 0) is 6.54 Å². The smallest absolute Gasteiger partial charge is 0.331 e. The molecule has 3 N–H and O–H groups in total. The van der Waals surface area contributed by atoms with Gasteiger partial charge in [0.2, 0.25) is 0 Å². The van der Waals surface area contributed by atoms with Gasteiger partial charge < -0.3 is 10.6 Å². The fourth-order valence-corrected chi connectivity index (χ4v) is 3.61. The Kier molecular flexibility index (Phi) is 6.23. The number of urea groups is 2. The van der Waals surface area contributed by atoms with E-state index in [-0.39, 0.29) is 24.5 Å². The van der Waals surface area contributed by atoms with Gasteiger partial charge in [-0.25, -0.2) is 14.5 Å². The van der Waals surface area contributed by atoms with E-state index in [1.54, 1.807) is 55.1 Å². The first-order valence-corrected chi connectivity index (χ1v) is 11.0. The lowest BCUT2D eigenvalue weighted by Gasteiger charge is -2.42. The van der Waals surface area contributed by atoms with Crippen LogP contribution < -0.4 is 16.0 Å². The van der Waals surface area contributed by atoms with Crippen molar-refractivity contribution in [2.75, 3.05) is 5.32 Å². The van der Waals surface area contributed by atoms with Gasteiger partial charge in [0.1, 0.15) is 0 Å². The van der Waals surface area contributed by atoms with Crippen molar-refractivity contribution in [1.29, 1.82) is 0 Å². The molecule has 1 heterocycles. The molecule has 5 amide bonds. The van der Waals surface area contributed by atoms with Crippen molar-refractivity contribution in [3.05, 3.63) is 64.7 Å². The molecule has 1 unspecified atom stereocenters. The minimum atomic E-state index is -0.758. The zero-order chi connectivity index (χ0) is 22.8. The summed E-state index contributed by atoms with van der Waals surface area (Å²) >= 11 is 5.98. The summed E-state index contributed by atoms with van der Waals surface area (Å²) in [4.78, 5) is 40.7. The number of anilines is 1. The average molecular weight is 456 g/mol. The van der Waals surface area contributed by atoms with Gasteiger partial charge in [0.15, 0.2) is 6.29 Å². The maximum Gasteiger partial charge on any atom is 0.331 e. The molecular formula is C23H26ClN5O3. The van der Waals surface area contributed by atoms with Crippen LogP contribution in [0.5, 0.6) is 0 Å². The number of imide groups is 1. The standard InChI is InChI=1S/C23H26ClN5O3/c1-14(2)29-22(31)27-21(28(23(29)32)13-15-3-7-17(24)8-4-15)26-19-9-5-16(6-10-19)20(30)25-18-11-12-18/h3-10,14,18,21,26H,11-13H2,1-2H3,(H,25,30)(H,27,31). The normalized spacial score (nSPS) is 18.6. The van der Waals surface area contributed by atoms with Gasteiger partial charge in [-0.15, -0.1) is 0 Å². The number of amides is 5. The number of nitrogens with zero attached hydrogens (tertiary/aromatic N) is 2. The molecule has 32 heavy (non-hydrogen) atoms. The Hall–Kier alpha value is -3.26. The average Bonchev–Trinajstić information content (AvgIpc) is 3.56. The molecule has 2 aromatic rings. The molecule has 9 heteroatoms. The van der Waals surface area contributed by atoms with Crippen molar-refractivity contribution in [2.45, 2.75) is 51.6 Å². The largest absolute Gasteiger partial charge is 0.349 e. The van der Waals surface area contributed by atoms with Gasteiger partial charge in [0, 0.05) is 28.4 Å². The van der Waals surface area contributed by atoms with E-state index >= 15 is 0 Å². The number of carbonyl (C=O) groups is 3. The third-order valence-corrected chi connectivity index (χ3v) is 5.64. The summed E-state index contributed by atoms with van der Waals surface area (Å²) in [5.41, 5.74) is 2.11. The minimum absolute atomic E-state index is 0.0999. The molecule has 1 saturated carbocycles. The predicted molar refractivity (Wildman–Crippen MR) is 122 cm³/mol. The Morgan fingerprint density at radius 1 is 1.09 bits per heavy atom. The van der Waals surface area contributed by atoms with Crippen LogP contribution in [0.15, 0.2) is 48.5 Å². The molecule has 0 radical (unpaired) electrons. The number of nitrogens with one attached hydrogen (secondary N) is 3. The summed E-state index contributed by atoms with van der Waals surface area (Å²) in [6.07, 6.45) is 1.29. The van der Waals surface area contributed by atoms with E-state index in [2.05, 4.69) is 16.0 Å². The topological polar surface area (TPSA) is 93.8 Å². The summed E-state index contributed by atoms with van der Waals surface area (Å²) in [5, 5.41) is 9.61. The number of halogens is 1. The van der Waals surface area contributed by atoms with Crippen LogP contribution in [0.4, 0.5) is 15.3 Å². The van der Waals surface area contributed by atoms with Crippen LogP contribution in [-0.4, -0.2) is 46.1 Å². The summed E-state index contributed by atoms with van der Waals surface area (Å²) < 4.78 is 0. The Bertz CT molecular complexity index is 1010. The molecule has 1 aliphatic carbocycles. The lowest BCUT2D eigenvalue weighted by atomic mass is 10.2. The second kappa shape index (κ2) is 9.08. The maximum absolute atomic E-state index is 13.2. The van der Waals surface area contributed by atoms with E-state index in [9.17, 15) is 14.4 Å². The molecular weight excluding hydrogens is 430 g/mol. The first-order valence-electron chi connectivity index (χ1n) is 10.6. The lowest BCUT2D eigenvalue weighted by Crippen LogP contribution is -2.68. The van der Waals surface area contributed by atoms with Crippen LogP contribution in [0.2, 0.25) is 5.02 Å². The first kappa shape index (κ1) is 22.0. The van der Waals surface area contributed by atoms with Crippen LogP contribution in [0.25, 0.3) is 0 Å². The number of carbonyl (C=O) groups excluding carboxylic acids is 3. The van der Waals surface area contributed by atoms with Crippen molar-refractivity contribution in [1.82, 2.24) is 20.4 Å². The number of hydrogen-bond acceptors (Lipinski definition) is 4. The van der Waals surface area contributed by atoms with Gasteiger partial charge in [0.05, 0.1) is 6.54 Å². The third-order valence-electron chi connectivity index (χ3n) is 5.39. The summed E-state index contributed by atoms with van der Waals surface area (Å²) in [5.74, 6) is -0.0999. The fourth-order valence-electron chi connectivity index (χ4n) is 3.49. The molecule has 0 aromatic heterocycles. The molecule has 8 nitrogen and oxygen atoms in total. The van der Waals surface area contributed by atoms with E-state index in [4.69, 9.17) is 11.6 Å². The zero-order valence-electron chi connectivity index (χ0n) is 18.0. The maximum atomic E-state index is 13.2. The molecule has 4 rings (SSSR count). The van der Waals surface area contributed by atoms with Gasteiger partial charge >= 0.3 is 12.1 Å². The van der Waals surface area contributed by atoms with Crippen LogP contribution in [0.1, 0.15) is 42.6 Å². The van der Waals surface area contributed by atoms with Crippen molar-refractivity contribution < 1.29 is 14.4 Å². The van der Waals surface area contributed by atoms with E-state index in [0.29, 0.717) is 16.3 Å². The van der Waals surface area contributed by atoms with E-state index in [0.717, 1.165) is 18.4 Å². The zero-order valence-corrected chi connectivity index (χ0v) is 18.7. The van der Waals surface area contributed by atoms with E-state index < -0.39 is 18.4 Å². The van der Waals surface area contributed by atoms with Crippen LogP contribution >= 0.6 is 11.6 Å². The third kappa shape index (κ3) is 4.96. The quantitative estimate of drug-likeness (QED) is 0.588. The fraction of sp³-hybridized carbons (Fsp3) is 0.348. The highest BCUT2D eigenvalue weighted by atomic mass is 35.5. The number of rotatable bonds is 7. The minimum Gasteiger partial charge on any atom is -0.349 e. The summed E-state index contributed by atoms with van der Waals surface area (Å²) in [7, 11) is 0. The van der Waals surface area contributed by atoms with E-state index in [1.807, 2.05) is 12.1 Å². The van der Waals surface area contributed by atoms with Crippen molar-refractivity contribution in [3.63, 3.8) is 0 Å². The highest BCUT2D eigenvalue weighted by molar-refractivity contribution is 6.30. The number of benzene rings is 2. The van der Waals surface area contributed by atoms with Crippen LogP contribution in [0.3, 0.4) is 0 Å². The summed E-state index contributed by atoms with van der Waals surface area (Å²) in [6.45, 7) is 3.85. The molecule has 0 spiro atoms. The Labute approximate surface area is 191 Å². The van der Waals surface area contributed by atoms with Gasteiger partial charge in [0.25, 0.3) is 5.91 Å². The lowest BCUT2D eigenvalue weighted by molar-refractivity contribution is 0.0948. The molecule has 1 atom stereocenters. The van der Waals surface area contributed by atoms with E-state index in [1.165, 1.54) is 4.90 Å². The molecule has 2 aliphatic rings. The SMILES string of the molecule is CC(C)N1C(=O)NC(Nc2ccc(C(=O)NC3CC3)cc2)N(Cc2ccc(Cl)cc2)C1=O. The van der Waals surface area contributed by atoms with Crippen molar-refractivity contribution in [3.8, 4) is 0 Å². The van der Waals surface area contributed by atoms with Crippen molar-refractivity contribution >= 4 is 35.3 Å². The predicted octanol–water partition coefficient (Wildman–Crippen LogP) is 3.98. The van der Waals surface area contributed by atoms with Crippen molar-refractivity contribution in [2.24, 2.45) is 0 Å². The van der Waals surface area contributed by atoms with Gasteiger partial charge in [-0.1, -0.05) is 23.7 Å². The van der Waals surface area contributed by atoms with Gasteiger partial charge in [-0.2, -0.15) is 0 Å². The second-order valence-electron chi connectivity index (χ2n) is 8.32. The van der Waals surface area contributed by atoms with Gasteiger partial charge in [-0.3, -0.25) is 15.0 Å². The first-order chi connectivity index (χ1) is 15.3. The molecule has 0 bridgehead atoms. The molecule has 2 fully saturated rings. The Morgan fingerprint density at radius 3 is 2.34 bits per heavy atom. The Morgan fingerprint density at radius 2 is 1.75 bits per heavy atom. The molecule has 168 valence electrons.